The predicted octanol–water partition coefficient (Wildman–Crippen LogP) is 4.24. The summed E-state index contributed by atoms with van der Waals surface area (Å²) in [7, 11) is 3.86. The van der Waals surface area contributed by atoms with Crippen LogP contribution in [0.2, 0.25) is 0 Å². The van der Waals surface area contributed by atoms with Gasteiger partial charge in [0.1, 0.15) is 11.6 Å². The van der Waals surface area contributed by atoms with Crippen LogP contribution in [0.1, 0.15) is 39.2 Å². The number of aromatic nitrogens is 1. The second-order valence-corrected chi connectivity index (χ2v) is 7.57. The second kappa shape index (κ2) is 8.70. The van der Waals surface area contributed by atoms with Crippen molar-refractivity contribution in [2.45, 2.75) is 39.0 Å². The summed E-state index contributed by atoms with van der Waals surface area (Å²) >= 11 is 0. The zero-order chi connectivity index (χ0) is 19.2. The van der Waals surface area contributed by atoms with E-state index in [9.17, 15) is 4.79 Å². The number of hydrogen-bond acceptors (Lipinski definition) is 4. The number of rotatable bonds is 7. The Balaban J connectivity index is 1.71. The Morgan fingerprint density at radius 1 is 1.12 bits per heavy atom. The van der Waals surface area contributed by atoms with Gasteiger partial charge in [-0.15, -0.1) is 0 Å². The van der Waals surface area contributed by atoms with Crippen molar-refractivity contribution in [1.82, 2.24) is 4.98 Å². The van der Waals surface area contributed by atoms with Crippen molar-refractivity contribution in [3.63, 3.8) is 0 Å². The van der Waals surface area contributed by atoms with E-state index in [1.54, 1.807) is 6.20 Å². The molecule has 0 atom stereocenters. The van der Waals surface area contributed by atoms with Gasteiger partial charge in [0.15, 0.2) is 0 Å². The molecule has 1 aromatic heterocycles. The standard InChI is InChI=1S/C21H29N3O2/c1-21(2,3)16-8-11-18(12-9-16)26-14-6-7-20(25)23-17-10-13-19(22-15-17)24(4)5/h8-13,15H,6-7,14H2,1-5H3,(H,23,25). The monoisotopic (exact) mass is 355 g/mol. The Bertz CT molecular complexity index is 702. The van der Waals surface area contributed by atoms with Gasteiger partial charge >= 0.3 is 0 Å². The molecule has 0 saturated carbocycles. The van der Waals surface area contributed by atoms with Crippen molar-refractivity contribution in [3.8, 4) is 5.75 Å². The smallest absolute Gasteiger partial charge is 0.224 e. The third-order valence-corrected chi connectivity index (χ3v) is 4.03. The number of nitrogens with one attached hydrogen (secondary N) is 1. The number of benzene rings is 1. The molecule has 0 aliphatic carbocycles. The summed E-state index contributed by atoms with van der Waals surface area (Å²) in [6, 6.07) is 11.9. The molecule has 0 bridgehead atoms. The van der Waals surface area contributed by atoms with Crippen LogP contribution < -0.4 is 15.0 Å². The van der Waals surface area contributed by atoms with E-state index in [4.69, 9.17) is 4.74 Å². The first-order valence-corrected chi connectivity index (χ1v) is 8.92. The average Bonchev–Trinajstić information content (AvgIpc) is 2.59. The lowest BCUT2D eigenvalue weighted by molar-refractivity contribution is -0.116. The molecule has 5 heteroatoms. The summed E-state index contributed by atoms with van der Waals surface area (Å²) in [5.41, 5.74) is 2.12. The molecule has 5 nitrogen and oxygen atoms in total. The van der Waals surface area contributed by atoms with Crippen LogP contribution in [-0.4, -0.2) is 31.6 Å². The Morgan fingerprint density at radius 3 is 2.35 bits per heavy atom. The van der Waals surface area contributed by atoms with E-state index < -0.39 is 0 Å². The number of amides is 1. The van der Waals surface area contributed by atoms with Crippen molar-refractivity contribution < 1.29 is 9.53 Å². The molecule has 0 spiro atoms. The lowest BCUT2D eigenvalue weighted by Gasteiger charge is -2.19. The molecule has 0 aliphatic heterocycles. The number of carbonyl (C=O) groups excluding carboxylic acids is 1. The molecule has 1 heterocycles. The summed E-state index contributed by atoms with van der Waals surface area (Å²) in [6.45, 7) is 7.07. The van der Waals surface area contributed by atoms with Gasteiger partial charge in [-0.1, -0.05) is 32.9 Å². The number of ether oxygens (including phenoxy) is 1. The zero-order valence-electron chi connectivity index (χ0n) is 16.4. The third-order valence-electron chi connectivity index (χ3n) is 4.03. The van der Waals surface area contributed by atoms with Gasteiger partial charge in [0, 0.05) is 20.5 Å². The minimum absolute atomic E-state index is 0.0314. The van der Waals surface area contributed by atoms with E-state index in [0.29, 0.717) is 25.1 Å². The first kappa shape index (κ1) is 19.8. The van der Waals surface area contributed by atoms with E-state index in [1.807, 2.05) is 43.3 Å². The molecule has 1 amide bonds. The van der Waals surface area contributed by atoms with Gasteiger partial charge in [-0.05, 0) is 41.7 Å². The molecular formula is C21H29N3O2. The summed E-state index contributed by atoms with van der Waals surface area (Å²) in [6.07, 6.45) is 2.74. The lowest BCUT2D eigenvalue weighted by atomic mass is 9.87. The quantitative estimate of drug-likeness (QED) is 0.755. The topological polar surface area (TPSA) is 54.5 Å². The molecule has 1 aromatic carbocycles. The third kappa shape index (κ3) is 6.06. The number of nitrogens with zero attached hydrogens (tertiary/aromatic N) is 2. The fraction of sp³-hybridized carbons (Fsp3) is 0.429. The van der Waals surface area contributed by atoms with Crippen molar-refractivity contribution in [3.05, 3.63) is 48.2 Å². The van der Waals surface area contributed by atoms with Gasteiger partial charge in [0.05, 0.1) is 18.5 Å². The summed E-state index contributed by atoms with van der Waals surface area (Å²) < 4.78 is 5.72. The molecule has 2 aromatic rings. The first-order chi connectivity index (χ1) is 12.3. The Hall–Kier alpha value is -2.56. The Labute approximate surface area is 156 Å². The van der Waals surface area contributed by atoms with Crippen molar-refractivity contribution in [2.24, 2.45) is 0 Å². The number of pyridine rings is 1. The normalized spacial score (nSPS) is 11.1. The number of carbonyl (C=O) groups is 1. The molecule has 26 heavy (non-hydrogen) atoms. The highest BCUT2D eigenvalue weighted by atomic mass is 16.5. The SMILES string of the molecule is CN(C)c1ccc(NC(=O)CCCOc2ccc(C(C)(C)C)cc2)cn1. The fourth-order valence-electron chi connectivity index (χ4n) is 2.42. The van der Waals surface area contributed by atoms with Crippen molar-refractivity contribution >= 4 is 17.4 Å². The zero-order valence-corrected chi connectivity index (χ0v) is 16.4. The highest BCUT2D eigenvalue weighted by Gasteiger charge is 2.13. The number of hydrogen-bond donors (Lipinski definition) is 1. The highest BCUT2D eigenvalue weighted by molar-refractivity contribution is 5.90. The van der Waals surface area contributed by atoms with Crippen LogP contribution in [0, 0.1) is 0 Å². The molecule has 0 saturated heterocycles. The Kier molecular flexibility index (Phi) is 6.61. The molecule has 1 N–H and O–H groups in total. The molecule has 0 fully saturated rings. The lowest BCUT2D eigenvalue weighted by Crippen LogP contribution is -2.14. The largest absolute Gasteiger partial charge is 0.494 e. The summed E-state index contributed by atoms with van der Waals surface area (Å²) in [5, 5.41) is 2.86. The van der Waals surface area contributed by atoms with E-state index in [1.165, 1.54) is 5.56 Å². The van der Waals surface area contributed by atoms with Crippen LogP contribution >= 0.6 is 0 Å². The van der Waals surface area contributed by atoms with E-state index in [2.05, 4.69) is 43.2 Å². The van der Waals surface area contributed by atoms with Crippen LogP contribution in [0.15, 0.2) is 42.6 Å². The first-order valence-electron chi connectivity index (χ1n) is 8.92. The summed E-state index contributed by atoms with van der Waals surface area (Å²) in [4.78, 5) is 18.2. The van der Waals surface area contributed by atoms with Gasteiger partial charge in [-0.3, -0.25) is 4.79 Å². The maximum Gasteiger partial charge on any atom is 0.224 e. The Morgan fingerprint density at radius 2 is 1.81 bits per heavy atom. The second-order valence-electron chi connectivity index (χ2n) is 7.57. The van der Waals surface area contributed by atoms with Crippen molar-refractivity contribution in [2.75, 3.05) is 30.9 Å². The van der Waals surface area contributed by atoms with Crippen LogP contribution in [0.4, 0.5) is 11.5 Å². The number of anilines is 2. The van der Waals surface area contributed by atoms with E-state index in [-0.39, 0.29) is 11.3 Å². The van der Waals surface area contributed by atoms with Gasteiger partial charge in [-0.2, -0.15) is 0 Å². The molecule has 0 aliphatic rings. The minimum atomic E-state index is -0.0314. The van der Waals surface area contributed by atoms with E-state index in [0.717, 1.165) is 11.6 Å². The maximum absolute atomic E-state index is 12.0. The summed E-state index contributed by atoms with van der Waals surface area (Å²) in [5.74, 6) is 1.66. The maximum atomic E-state index is 12.0. The van der Waals surface area contributed by atoms with Crippen LogP contribution in [0.3, 0.4) is 0 Å². The van der Waals surface area contributed by atoms with Crippen LogP contribution in [-0.2, 0) is 10.2 Å². The predicted molar refractivity (Wildman–Crippen MR) is 107 cm³/mol. The van der Waals surface area contributed by atoms with E-state index >= 15 is 0 Å². The fourth-order valence-corrected chi connectivity index (χ4v) is 2.42. The van der Waals surface area contributed by atoms with Gasteiger partial charge < -0.3 is 15.0 Å². The van der Waals surface area contributed by atoms with Crippen molar-refractivity contribution in [1.29, 1.82) is 0 Å². The highest BCUT2D eigenvalue weighted by Crippen LogP contribution is 2.24. The molecule has 0 unspecified atom stereocenters. The molecule has 140 valence electrons. The van der Waals surface area contributed by atoms with Gasteiger partial charge in [0.2, 0.25) is 5.91 Å². The van der Waals surface area contributed by atoms with Crippen LogP contribution in [0.5, 0.6) is 5.75 Å². The minimum Gasteiger partial charge on any atom is -0.494 e. The average molecular weight is 355 g/mol. The molecule has 0 radical (unpaired) electrons. The van der Waals surface area contributed by atoms with Gasteiger partial charge in [0.25, 0.3) is 0 Å². The molecular weight excluding hydrogens is 326 g/mol. The molecule has 2 rings (SSSR count). The van der Waals surface area contributed by atoms with Crippen LogP contribution in [0.25, 0.3) is 0 Å². The van der Waals surface area contributed by atoms with Gasteiger partial charge in [-0.25, -0.2) is 4.98 Å².